The summed E-state index contributed by atoms with van der Waals surface area (Å²) < 4.78 is 35.1. The van der Waals surface area contributed by atoms with Gasteiger partial charge in [-0.1, -0.05) is 32.0 Å². The fourth-order valence-corrected chi connectivity index (χ4v) is 4.15. The summed E-state index contributed by atoms with van der Waals surface area (Å²) in [6.45, 7) is 6.91. The van der Waals surface area contributed by atoms with E-state index in [9.17, 15) is 8.42 Å². The van der Waals surface area contributed by atoms with Crippen LogP contribution in [0.25, 0.3) is 0 Å². The van der Waals surface area contributed by atoms with Crippen LogP contribution in [0.5, 0.6) is 5.75 Å². The van der Waals surface area contributed by atoms with Crippen LogP contribution in [0.2, 0.25) is 0 Å². The second-order valence-electron chi connectivity index (χ2n) is 6.72. The van der Waals surface area contributed by atoms with E-state index >= 15 is 0 Å². The maximum Gasteiger partial charge on any atom is 0.276 e. The Kier molecular flexibility index (Phi) is 7.68. The molecule has 7 heteroatoms. The van der Waals surface area contributed by atoms with Gasteiger partial charge in [0.05, 0.1) is 13.2 Å². The van der Waals surface area contributed by atoms with Gasteiger partial charge in [0.15, 0.2) is 0 Å². The smallest absolute Gasteiger partial charge is 0.276 e. The van der Waals surface area contributed by atoms with E-state index in [0.717, 1.165) is 49.6 Å². The van der Waals surface area contributed by atoms with E-state index in [1.165, 1.54) is 0 Å². The van der Waals surface area contributed by atoms with E-state index in [0.29, 0.717) is 13.1 Å². The summed E-state index contributed by atoms with van der Waals surface area (Å²) >= 11 is 0. The molecule has 2 rings (SSSR count). The number of hydrogen-bond donors (Lipinski definition) is 2. The number of methoxy groups -OCH3 is 1. The van der Waals surface area contributed by atoms with E-state index in [2.05, 4.69) is 21.3 Å². The fourth-order valence-electron chi connectivity index (χ4n) is 3.19. The highest BCUT2D eigenvalue weighted by Gasteiger charge is 2.27. The third-order valence-corrected chi connectivity index (χ3v) is 5.90. The van der Waals surface area contributed by atoms with Crippen LogP contribution in [-0.2, 0) is 10.2 Å². The third kappa shape index (κ3) is 5.95. The van der Waals surface area contributed by atoms with Gasteiger partial charge in [-0.15, -0.1) is 0 Å². The maximum absolute atomic E-state index is 12.1. The average molecular weight is 370 g/mol. The number of hydrogen-bond acceptors (Lipinski definition) is 4. The molecule has 1 fully saturated rings. The Morgan fingerprint density at radius 1 is 1.24 bits per heavy atom. The minimum Gasteiger partial charge on any atom is -0.496 e. The van der Waals surface area contributed by atoms with Crippen LogP contribution in [0.4, 0.5) is 0 Å². The molecule has 1 saturated heterocycles. The van der Waals surface area contributed by atoms with Crippen LogP contribution in [-0.4, -0.2) is 46.6 Å². The van der Waals surface area contributed by atoms with Gasteiger partial charge in [0.1, 0.15) is 5.75 Å². The van der Waals surface area contributed by atoms with Crippen molar-refractivity contribution in [2.75, 3.05) is 33.3 Å². The lowest BCUT2D eigenvalue weighted by Gasteiger charge is -2.37. The van der Waals surface area contributed by atoms with Crippen molar-refractivity contribution in [3.05, 3.63) is 29.8 Å². The Morgan fingerprint density at radius 3 is 2.56 bits per heavy atom. The number of likely N-dealkylation sites (tertiary alicyclic amines) is 1. The summed E-state index contributed by atoms with van der Waals surface area (Å²) in [5, 5.41) is 0. The molecule has 1 atom stereocenters. The molecule has 1 aliphatic rings. The predicted molar refractivity (Wildman–Crippen MR) is 101 cm³/mol. The van der Waals surface area contributed by atoms with Gasteiger partial charge in [0, 0.05) is 18.7 Å². The summed E-state index contributed by atoms with van der Waals surface area (Å²) in [4.78, 5) is 2.36. The number of benzene rings is 1. The third-order valence-electron chi connectivity index (χ3n) is 4.77. The normalized spacial score (nSPS) is 18.2. The lowest BCUT2D eigenvalue weighted by atomic mass is 9.95. The molecule has 0 spiro atoms. The highest BCUT2D eigenvalue weighted by Crippen LogP contribution is 2.31. The number of nitrogens with zero attached hydrogens (tertiary/aromatic N) is 1. The molecule has 142 valence electrons. The summed E-state index contributed by atoms with van der Waals surface area (Å²) in [6, 6.07) is 7.82. The minimum absolute atomic E-state index is 0.0400. The average Bonchev–Trinajstić information content (AvgIpc) is 2.62. The lowest BCUT2D eigenvalue weighted by molar-refractivity contribution is 0.137. The van der Waals surface area contributed by atoms with Crippen LogP contribution in [0, 0.1) is 5.92 Å². The molecule has 1 aliphatic heterocycles. The molecule has 1 aromatic carbocycles. The van der Waals surface area contributed by atoms with Crippen molar-refractivity contribution in [2.24, 2.45) is 5.92 Å². The molecule has 1 aromatic rings. The first-order valence-electron chi connectivity index (χ1n) is 9.08. The highest BCUT2D eigenvalue weighted by molar-refractivity contribution is 7.87. The quantitative estimate of drug-likeness (QED) is 0.701. The van der Waals surface area contributed by atoms with Gasteiger partial charge in [-0.3, -0.25) is 4.90 Å². The van der Waals surface area contributed by atoms with Gasteiger partial charge in [-0.2, -0.15) is 8.42 Å². The van der Waals surface area contributed by atoms with Crippen molar-refractivity contribution in [1.82, 2.24) is 14.3 Å². The Labute approximate surface area is 152 Å². The van der Waals surface area contributed by atoms with Gasteiger partial charge >= 0.3 is 0 Å². The first kappa shape index (κ1) is 20.2. The molecular formula is C18H31N3O3S. The fraction of sp³-hybridized carbons (Fsp3) is 0.667. The molecule has 0 radical (unpaired) electrons. The number of rotatable bonds is 9. The van der Waals surface area contributed by atoms with Crippen LogP contribution in [0.1, 0.15) is 44.7 Å². The lowest BCUT2D eigenvalue weighted by Crippen LogP contribution is -2.45. The number of piperidine rings is 1. The van der Waals surface area contributed by atoms with E-state index in [1.54, 1.807) is 7.11 Å². The van der Waals surface area contributed by atoms with Gasteiger partial charge in [-0.25, -0.2) is 9.44 Å². The largest absolute Gasteiger partial charge is 0.496 e. The maximum atomic E-state index is 12.1. The highest BCUT2D eigenvalue weighted by atomic mass is 32.2. The second kappa shape index (κ2) is 9.52. The minimum atomic E-state index is -3.48. The Bertz CT molecular complexity index is 628. The van der Waals surface area contributed by atoms with Crippen molar-refractivity contribution in [3.63, 3.8) is 0 Å². The molecule has 0 bridgehead atoms. The number of nitrogens with one attached hydrogen (secondary N) is 2. The van der Waals surface area contributed by atoms with Crippen molar-refractivity contribution in [1.29, 1.82) is 0 Å². The molecule has 1 unspecified atom stereocenters. The van der Waals surface area contributed by atoms with Gasteiger partial charge in [-0.05, 0) is 44.3 Å². The van der Waals surface area contributed by atoms with Crippen LogP contribution < -0.4 is 14.2 Å². The summed E-state index contributed by atoms with van der Waals surface area (Å²) in [7, 11) is -1.83. The first-order chi connectivity index (χ1) is 12.0. The van der Waals surface area contributed by atoms with Crippen molar-refractivity contribution in [3.8, 4) is 5.75 Å². The topological polar surface area (TPSA) is 70.7 Å². The van der Waals surface area contributed by atoms with Gasteiger partial charge in [0.2, 0.25) is 0 Å². The zero-order chi connectivity index (χ0) is 18.3. The molecule has 1 heterocycles. The zero-order valence-electron chi connectivity index (χ0n) is 15.5. The van der Waals surface area contributed by atoms with E-state index < -0.39 is 10.2 Å². The molecule has 0 aromatic heterocycles. The molecule has 25 heavy (non-hydrogen) atoms. The van der Waals surface area contributed by atoms with E-state index in [-0.39, 0.29) is 6.04 Å². The summed E-state index contributed by atoms with van der Waals surface area (Å²) in [5.74, 6) is 1.52. The van der Waals surface area contributed by atoms with Crippen LogP contribution >= 0.6 is 0 Å². The van der Waals surface area contributed by atoms with Crippen molar-refractivity contribution >= 4 is 10.2 Å². The number of para-hydroxylation sites is 1. The zero-order valence-corrected chi connectivity index (χ0v) is 16.3. The van der Waals surface area contributed by atoms with Crippen LogP contribution in [0.3, 0.4) is 0 Å². The molecule has 0 amide bonds. The Balaban J connectivity index is 2.17. The van der Waals surface area contributed by atoms with Crippen molar-refractivity contribution < 1.29 is 13.2 Å². The van der Waals surface area contributed by atoms with E-state index in [4.69, 9.17) is 4.74 Å². The SMILES string of the molecule is CCCNS(=O)(=O)NCC(c1ccccc1OC)N1CCC(C)CC1. The van der Waals surface area contributed by atoms with Gasteiger partial charge < -0.3 is 4.74 Å². The molecule has 2 N–H and O–H groups in total. The molecular weight excluding hydrogens is 338 g/mol. The Hall–Kier alpha value is -1.15. The number of ether oxygens (including phenoxy) is 1. The molecule has 6 nitrogen and oxygen atoms in total. The standard InChI is InChI=1S/C18H31N3O3S/c1-4-11-19-25(22,23)20-14-17(21-12-9-15(2)10-13-21)16-7-5-6-8-18(16)24-3/h5-8,15,17,19-20H,4,9-14H2,1-3H3. The summed E-state index contributed by atoms with van der Waals surface area (Å²) in [5.41, 5.74) is 1.03. The van der Waals surface area contributed by atoms with E-state index in [1.807, 2.05) is 31.2 Å². The molecule has 0 aliphatic carbocycles. The predicted octanol–water partition coefficient (Wildman–Crippen LogP) is 2.30. The monoisotopic (exact) mass is 369 g/mol. The van der Waals surface area contributed by atoms with Crippen LogP contribution in [0.15, 0.2) is 24.3 Å². The Morgan fingerprint density at radius 2 is 1.92 bits per heavy atom. The second-order valence-corrected chi connectivity index (χ2v) is 8.31. The summed E-state index contributed by atoms with van der Waals surface area (Å²) in [6.07, 6.45) is 3.03. The van der Waals surface area contributed by atoms with Crippen molar-refractivity contribution in [2.45, 2.75) is 39.2 Å². The molecule has 0 saturated carbocycles. The van der Waals surface area contributed by atoms with Gasteiger partial charge in [0.25, 0.3) is 10.2 Å². The first-order valence-corrected chi connectivity index (χ1v) is 10.6.